The molecule has 0 radical (unpaired) electrons. The van der Waals surface area contributed by atoms with Gasteiger partial charge in [-0.1, -0.05) is 18.2 Å². The van der Waals surface area contributed by atoms with Crippen molar-refractivity contribution in [1.29, 1.82) is 0 Å². The molecule has 1 aliphatic heterocycles. The van der Waals surface area contributed by atoms with Crippen LogP contribution in [0.25, 0.3) is 10.8 Å². The topological polar surface area (TPSA) is 21.3 Å². The normalized spacial score (nSPS) is 13.5. The first-order chi connectivity index (χ1) is 7.24. The highest BCUT2D eigenvalue weighted by molar-refractivity contribution is 7.80. The molecule has 3 rings (SSSR count). The van der Waals surface area contributed by atoms with Gasteiger partial charge in [-0.05, 0) is 42.2 Å². The quantitative estimate of drug-likeness (QED) is 0.682. The lowest BCUT2D eigenvalue weighted by molar-refractivity contribution is 0.565. The largest absolute Gasteiger partial charge is 0.431 e. The van der Waals surface area contributed by atoms with Gasteiger partial charge in [0.2, 0.25) is 0 Å². The maximum absolute atomic E-state index is 5.51. The molecule has 0 bridgehead atoms. The molecule has 0 aliphatic carbocycles. The molecule has 0 unspecified atom stereocenters. The summed E-state index contributed by atoms with van der Waals surface area (Å²) >= 11 is 5.04. The van der Waals surface area contributed by atoms with Crippen LogP contribution in [0.15, 0.2) is 30.3 Å². The van der Waals surface area contributed by atoms with Crippen LogP contribution in [-0.2, 0) is 0 Å². The van der Waals surface area contributed by atoms with Gasteiger partial charge in [-0.15, -0.1) is 0 Å². The molecule has 2 aromatic rings. The Morgan fingerprint density at radius 2 is 2.13 bits per heavy atom. The third kappa shape index (κ3) is 1.27. The Hall–Kier alpha value is -1.61. The average Bonchev–Trinajstić information content (AvgIpc) is 2.16. The zero-order valence-electron chi connectivity index (χ0n) is 8.20. The van der Waals surface area contributed by atoms with E-state index in [1.165, 1.54) is 10.9 Å². The van der Waals surface area contributed by atoms with Crippen molar-refractivity contribution >= 4 is 33.9 Å². The number of nitrogens with one attached hydrogen (secondary N) is 1. The number of rotatable bonds is 0. The summed E-state index contributed by atoms with van der Waals surface area (Å²) in [6.07, 6.45) is 0. The van der Waals surface area contributed by atoms with Gasteiger partial charge in [0, 0.05) is 5.39 Å². The number of thiocarbonyl (C=S) groups is 1. The van der Waals surface area contributed by atoms with E-state index in [1.807, 2.05) is 18.2 Å². The van der Waals surface area contributed by atoms with E-state index < -0.39 is 0 Å². The van der Waals surface area contributed by atoms with Crippen LogP contribution >= 0.6 is 12.2 Å². The van der Waals surface area contributed by atoms with Crippen LogP contribution in [0.5, 0.6) is 5.75 Å². The van der Waals surface area contributed by atoms with Crippen LogP contribution in [-0.4, -0.2) is 5.17 Å². The van der Waals surface area contributed by atoms with Crippen LogP contribution in [0, 0.1) is 6.92 Å². The van der Waals surface area contributed by atoms with E-state index in [2.05, 4.69) is 24.4 Å². The van der Waals surface area contributed by atoms with E-state index in [-0.39, 0.29) is 0 Å². The van der Waals surface area contributed by atoms with E-state index in [9.17, 15) is 0 Å². The van der Waals surface area contributed by atoms with Crippen molar-refractivity contribution < 1.29 is 4.74 Å². The van der Waals surface area contributed by atoms with Gasteiger partial charge in [0.1, 0.15) is 5.75 Å². The molecule has 15 heavy (non-hydrogen) atoms. The molecule has 0 amide bonds. The first kappa shape index (κ1) is 8.68. The van der Waals surface area contributed by atoms with Gasteiger partial charge in [-0.25, -0.2) is 0 Å². The second kappa shape index (κ2) is 2.94. The SMILES string of the molecule is Cc1cc2c3c(cccc3c1)NC(=S)O2. The van der Waals surface area contributed by atoms with Crippen LogP contribution in [0.3, 0.4) is 0 Å². The number of anilines is 1. The molecule has 1 N–H and O–H groups in total. The summed E-state index contributed by atoms with van der Waals surface area (Å²) in [5, 5.41) is 5.76. The smallest absolute Gasteiger partial charge is 0.266 e. The molecular formula is C12H9NOS. The van der Waals surface area contributed by atoms with Crippen molar-refractivity contribution in [2.24, 2.45) is 0 Å². The van der Waals surface area contributed by atoms with E-state index in [0.717, 1.165) is 16.8 Å². The molecule has 2 nitrogen and oxygen atoms in total. The van der Waals surface area contributed by atoms with Crippen LogP contribution in [0.2, 0.25) is 0 Å². The number of hydrogen-bond donors (Lipinski definition) is 1. The molecule has 0 saturated carbocycles. The molecule has 0 aromatic heterocycles. The summed E-state index contributed by atoms with van der Waals surface area (Å²) in [5.41, 5.74) is 2.21. The fourth-order valence-corrected chi connectivity index (χ4v) is 2.15. The second-order valence-corrected chi connectivity index (χ2v) is 4.05. The number of ether oxygens (including phenoxy) is 1. The standard InChI is InChI=1S/C12H9NOS/c1-7-5-8-3-2-4-9-11(8)10(6-7)14-12(15)13-9/h2-6H,1H3,(H,13,15). The van der Waals surface area contributed by atoms with E-state index in [1.54, 1.807) is 0 Å². The Morgan fingerprint density at radius 1 is 1.27 bits per heavy atom. The first-order valence-electron chi connectivity index (χ1n) is 4.76. The number of benzene rings is 2. The van der Waals surface area contributed by atoms with Crippen molar-refractivity contribution in [3.63, 3.8) is 0 Å². The predicted octanol–water partition coefficient (Wildman–Crippen LogP) is 3.24. The third-order valence-corrected chi connectivity index (χ3v) is 2.71. The van der Waals surface area contributed by atoms with Gasteiger partial charge < -0.3 is 10.1 Å². The van der Waals surface area contributed by atoms with Gasteiger partial charge in [0.25, 0.3) is 5.17 Å². The van der Waals surface area contributed by atoms with Gasteiger partial charge in [0.15, 0.2) is 0 Å². The lowest BCUT2D eigenvalue weighted by Crippen LogP contribution is -2.20. The zero-order valence-corrected chi connectivity index (χ0v) is 9.02. The van der Waals surface area contributed by atoms with E-state index >= 15 is 0 Å². The van der Waals surface area contributed by atoms with Crippen LogP contribution in [0.1, 0.15) is 5.56 Å². The lowest BCUT2D eigenvalue weighted by Gasteiger charge is -2.20. The molecule has 0 saturated heterocycles. The van der Waals surface area contributed by atoms with Gasteiger partial charge >= 0.3 is 0 Å². The van der Waals surface area contributed by atoms with Crippen molar-refractivity contribution in [1.82, 2.24) is 0 Å². The Morgan fingerprint density at radius 3 is 3.00 bits per heavy atom. The summed E-state index contributed by atoms with van der Waals surface area (Å²) in [6.45, 7) is 2.05. The molecule has 2 aromatic carbocycles. The lowest BCUT2D eigenvalue weighted by atomic mass is 10.0. The average molecular weight is 215 g/mol. The summed E-state index contributed by atoms with van der Waals surface area (Å²) in [6, 6.07) is 10.3. The van der Waals surface area contributed by atoms with Crippen molar-refractivity contribution in [2.75, 3.05) is 5.32 Å². The fraction of sp³-hybridized carbons (Fsp3) is 0.0833. The summed E-state index contributed by atoms with van der Waals surface area (Å²) in [7, 11) is 0. The van der Waals surface area contributed by atoms with Crippen LogP contribution in [0.4, 0.5) is 5.69 Å². The molecule has 74 valence electrons. The molecule has 3 heteroatoms. The van der Waals surface area contributed by atoms with E-state index in [0.29, 0.717) is 5.17 Å². The van der Waals surface area contributed by atoms with Gasteiger partial charge in [-0.2, -0.15) is 0 Å². The van der Waals surface area contributed by atoms with Crippen molar-refractivity contribution in [2.45, 2.75) is 6.92 Å². The molecule has 0 spiro atoms. The highest BCUT2D eigenvalue weighted by atomic mass is 32.1. The maximum Gasteiger partial charge on any atom is 0.266 e. The number of aryl methyl sites for hydroxylation is 1. The van der Waals surface area contributed by atoms with Gasteiger partial charge in [-0.3, -0.25) is 0 Å². The molecule has 1 heterocycles. The Balaban J connectivity index is 2.45. The van der Waals surface area contributed by atoms with Crippen molar-refractivity contribution in [3.8, 4) is 5.75 Å². The monoisotopic (exact) mass is 215 g/mol. The molecular weight excluding hydrogens is 206 g/mol. The third-order valence-electron chi connectivity index (χ3n) is 2.52. The fourth-order valence-electron chi connectivity index (χ4n) is 1.95. The summed E-state index contributed by atoms with van der Waals surface area (Å²) in [4.78, 5) is 0. The summed E-state index contributed by atoms with van der Waals surface area (Å²) < 4.78 is 5.51. The Bertz CT molecular complexity index is 577. The Kier molecular flexibility index (Phi) is 1.70. The first-order valence-corrected chi connectivity index (χ1v) is 5.17. The predicted molar refractivity (Wildman–Crippen MR) is 65.5 cm³/mol. The summed E-state index contributed by atoms with van der Waals surface area (Å²) in [5.74, 6) is 0.851. The maximum atomic E-state index is 5.51. The van der Waals surface area contributed by atoms with E-state index in [4.69, 9.17) is 17.0 Å². The van der Waals surface area contributed by atoms with Crippen LogP contribution < -0.4 is 10.1 Å². The highest BCUT2D eigenvalue weighted by Gasteiger charge is 2.16. The zero-order chi connectivity index (χ0) is 10.4. The molecule has 0 fully saturated rings. The molecule has 0 atom stereocenters. The van der Waals surface area contributed by atoms with Crippen molar-refractivity contribution in [3.05, 3.63) is 35.9 Å². The molecule has 1 aliphatic rings. The minimum atomic E-state index is 0.417. The Labute approximate surface area is 92.9 Å². The minimum Gasteiger partial charge on any atom is -0.431 e. The number of hydrogen-bond acceptors (Lipinski definition) is 2. The highest BCUT2D eigenvalue weighted by Crippen LogP contribution is 2.36. The minimum absolute atomic E-state index is 0.417. The second-order valence-electron chi connectivity index (χ2n) is 3.68. The van der Waals surface area contributed by atoms with Gasteiger partial charge in [0.05, 0.1) is 5.69 Å².